The molecule has 230 valence electrons. The van der Waals surface area contributed by atoms with E-state index in [2.05, 4.69) is 21.2 Å². The molecule has 0 spiro atoms. The number of nitrogens with one attached hydrogen (secondary N) is 1. The minimum absolute atomic E-state index is 0.0407. The van der Waals surface area contributed by atoms with E-state index in [-0.39, 0.29) is 34.8 Å². The van der Waals surface area contributed by atoms with Gasteiger partial charge in [-0.25, -0.2) is 12.8 Å². The van der Waals surface area contributed by atoms with Gasteiger partial charge in [0.05, 0.1) is 24.8 Å². The third-order valence-electron chi connectivity index (χ3n) is 7.45. The highest BCUT2D eigenvalue weighted by molar-refractivity contribution is 9.10. The molecule has 1 N–H and O–H groups in total. The van der Waals surface area contributed by atoms with E-state index in [9.17, 15) is 22.4 Å². The molecule has 0 radical (unpaired) electrons. The number of ether oxygens (including phenoxy) is 2. The molecule has 1 aliphatic carbocycles. The molecule has 1 aliphatic rings. The zero-order valence-corrected chi connectivity index (χ0v) is 26.7. The second-order valence-corrected chi connectivity index (χ2v) is 13.1. The number of anilines is 1. The van der Waals surface area contributed by atoms with E-state index in [4.69, 9.17) is 9.47 Å². The average Bonchev–Trinajstić information content (AvgIpc) is 3.51. The zero-order valence-electron chi connectivity index (χ0n) is 24.3. The predicted octanol–water partition coefficient (Wildman–Crippen LogP) is 5.28. The van der Waals surface area contributed by atoms with Gasteiger partial charge in [0.25, 0.3) is 10.0 Å². The molecule has 1 saturated carbocycles. The van der Waals surface area contributed by atoms with Crippen molar-refractivity contribution in [2.24, 2.45) is 0 Å². The maximum atomic E-state index is 14.1. The Morgan fingerprint density at radius 3 is 2.30 bits per heavy atom. The number of carbonyl (C=O) groups excluding carboxylic acids is 2. The molecule has 1 atom stereocenters. The Kier molecular flexibility index (Phi) is 10.7. The predicted molar refractivity (Wildman–Crippen MR) is 165 cm³/mol. The molecule has 3 aromatic rings. The smallest absolute Gasteiger partial charge is 0.264 e. The lowest BCUT2D eigenvalue weighted by Crippen LogP contribution is -2.52. The van der Waals surface area contributed by atoms with E-state index in [0.29, 0.717) is 5.75 Å². The van der Waals surface area contributed by atoms with Crippen LogP contribution in [0.25, 0.3) is 0 Å². The summed E-state index contributed by atoms with van der Waals surface area (Å²) < 4.78 is 54.2. The van der Waals surface area contributed by atoms with E-state index >= 15 is 0 Å². The number of methoxy groups -OCH3 is 2. The highest BCUT2D eigenvalue weighted by atomic mass is 79.9. The second-order valence-electron chi connectivity index (χ2n) is 10.3. The van der Waals surface area contributed by atoms with Crippen molar-refractivity contribution in [3.63, 3.8) is 0 Å². The van der Waals surface area contributed by atoms with Crippen molar-refractivity contribution in [2.75, 3.05) is 25.1 Å². The van der Waals surface area contributed by atoms with Gasteiger partial charge in [-0.1, -0.05) is 40.9 Å². The molecule has 2 amide bonds. The minimum Gasteiger partial charge on any atom is -0.493 e. The Bertz CT molecular complexity index is 1550. The summed E-state index contributed by atoms with van der Waals surface area (Å²) in [5, 5.41) is 3.04. The summed E-state index contributed by atoms with van der Waals surface area (Å²) in [7, 11) is -1.57. The first-order chi connectivity index (χ1) is 20.5. The third kappa shape index (κ3) is 7.85. The lowest BCUT2D eigenvalue weighted by Gasteiger charge is -2.32. The number of halogens is 2. The van der Waals surface area contributed by atoms with Crippen LogP contribution in [-0.2, 0) is 26.2 Å². The van der Waals surface area contributed by atoms with Gasteiger partial charge in [-0.15, -0.1) is 0 Å². The quantitative estimate of drug-likeness (QED) is 0.280. The number of rotatable bonds is 12. The van der Waals surface area contributed by atoms with Gasteiger partial charge in [0.15, 0.2) is 11.5 Å². The van der Waals surface area contributed by atoms with Crippen molar-refractivity contribution in [1.82, 2.24) is 10.2 Å². The maximum Gasteiger partial charge on any atom is 0.264 e. The lowest BCUT2D eigenvalue weighted by atomic mass is 10.1. The van der Waals surface area contributed by atoms with Gasteiger partial charge >= 0.3 is 0 Å². The van der Waals surface area contributed by atoms with E-state index in [0.717, 1.165) is 52.2 Å². The molecule has 1 fully saturated rings. The molecule has 3 aromatic carbocycles. The van der Waals surface area contributed by atoms with Crippen molar-refractivity contribution in [1.29, 1.82) is 0 Å². The Hall–Kier alpha value is -3.64. The van der Waals surface area contributed by atoms with Gasteiger partial charge in [0, 0.05) is 23.1 Å². The summed E-state index contributed by atoms with van der Waals surface area (Å²) in [6.45, 7) is 1.05. The van der Waals surface area contributed by atoms with Crippen LogP contribution in [0, 0.1) is 5.82 Å². The van der Waals surface area contributed by atoms with Gasteiger partial charge in [-0.2, -0.15) is 0 Å². The van der Waals surface area contributed by atoms with Crippen molar-refractivity contribution >= 4 is 43.5 Å². The summed E-state index contributed by atoms with van der Waals surface area (Å²) >= 11 is 3.44. The topological polar surface area (TPSA) is 105 Å². The first kappa shape index (κ1) is 32.3. The fraction of sp³-hybridized carbons (Fsp3) is 0.355. The second kappa shape index (κ2) is 14.2. The number of nitrogens with zero attached hydrogens (tertiary/aromatic N) is 2. The molecule has 1 unspecified atom stereocenters. The fourth-order valence-electron chi connectivity index (χ4n) is 5.05. The van der Waals surface area contributed by atoms with Gasteiger partial charge in [-0.3, -0.25) is 13.9 Å². The van der Waals surface area contributed by atoms with Crippen molar-refractivity contribution in [3.8, 4) is 11.5 Å². The maximum absolute atomic E-state index is 14.1. The van der Waals surface area contributed by atoms with Gasteiger partial charge in [0.2, 0.25) is 11.8 Å². The molecule has 9 nitrogen and oxygen atoms in total. The van der Waals surface area contributed by atoms with Gasteiger partial charge in [-0.05, 0) is 73.9 Å². The molecule has 0 aliphatic heterocycles. The van der Waals surface area contributed by atoms with Crippen LogP contribution in [-0.4, -0.2) is 58.0 Å². The van der Waals surface area contributed by atoms with Gasteiger partial charge < -0.3 is 19.7 Å². The largest absolute Gasteiger partial charge is 0.493 e. The highest BCUT2D eigenvalue weighted by Crippen LogP contribution is 2.32. The first-order valence-corrected chi connectivity index (χ1v) is 16.1. The number of benzene rings is 3. The SMILES string of the molecule is COc1ccc(S(=O)(=O)N(CC(=O)N(Cc2cccc(Br)c2)C(C)C(=O)NC2CCCC2)c2ccc(F)cc2)cc1OC. The Morgan fingerprint density at radius 1 is 1.00 bits per heavy atom. The Labute approximate surface area is 260 Å². The molecule has 4 rings (SSSR count). The number of carbonyl (C=O) groups is 2. The average molecular weight is 677 g/mol. The van der Waals surface area contributed by atoms with E-state index < -0.39 is 34.3 Å². The molecule has 12 heteroatoms. The first-order valence-electron chi connectivity index (χ1n) is 13.9. The summed E-state index contributed by atoms with van der Waals surface area (Å²) in [4.78, 5) is 28.6. The normalized spacial score (nSPS) is 14.2. The van der Waals surface area contributed by atoms with Crippen LogP contribution in [0.5, 0.6) is 11.5 Å². The Morgan fingerprint density at radius 2 is 1.67 bits per heavy atom. The minimum atomic E-state index is -4.38. The van der Waals surface area contributed by atoms with Crippen LogP contribution >= 0.6 is 15.9 Å². The number of amides is 2. The molecule has 43 heavy (non-hydrogen) atoms. The number of sulfonamides is 1. The van der Waals surface area contributed by atoms with E-state index in [1.165, 1.54) is 49.5 Å². The molecule has 0 heterocycles. The van der Waals surface area contributed by atoms with E-state index in [1.54, 1.807) is 6.92 Å². The lowest BCUT2D eigenvalue weighted by molar-refractivity contribution is -0.139. The van der Waals surface area contributed by atoms with Crippen LogP contribution in [0.4, 0.5) is 10.1 Å². The molecule has 0 aromatic heterocycles. The monoisotopic (exact) mass is 675 g/mol. The molecule has 0 saturated heterocycles. The molecular weight excluding hydrogens is 641 g/mol. The van der Waals surface area contributed by atoms with Crippen LogP contribution in [0.3, 0.4) is 0 Å². The zero-order chi connectivity index (χ0) is 31.1. The highest BCUT2D eigenvalue weighted by Gasteiger charge is 2.34. The Balaban J connectivity index is 1.71. The van der Waals surface area contributed by atoms with Crippen LogP contribution < -0.4 is 19.1 Å². The van der Waals surface area contributed by atoms with Crippen molar-refractivity contribution in [2.45, 2.75) is 56.1 Å². The van der Waals surface area contributed by atoms with Crippen LogP contribution in [0.15, 0.2) is 76.1 Å². The van der Waals surface area contributed by atoms with Crippen LogP contribution in [0.1, 0.15) is 38.2 Å². The number of hydrogen-bond donors (Lipinski definition) is 1. The summed E-state index contributed by atoms with van der Waals surface area (Å²) in [6, 6.07) is 15.4. The van der Waals surface area contributed by atoms with Crippen molar-refractivity contribution < 1.29 is 31.9 Å². The fourth-order valence-corrected chi connectivity index (χ4v) is 6.92. The van der Waals surface area contributed by atoms with Crippen LogP contribution in [0.2, 0.25) is 0 Å². The van der Waals surface area contributed by atoms with E-state index in [1.807, 2.05) is 24.3 Å². The van der Waals surface area contributed by atoms with Crippen molar-refractivity contribution in [3.05, 3.63) is 82.6 Å². The summed E-state index contributed by atoms with van der Waals surface area (Å²) in [6.07, 6.45) is 3.81. The standard InChI is InChI=1S/C31H35BrFN3O6S/c1-21(31(38)34-25-9-4-5-10-25)35(19-22-7-6-8-23(32)17-22)30(37)20-36(26-13-11-24(33)12-14-26)43(39,40)27-15-16-28(41-2)29(18-27)42-3/h6-8,11-18,21,25H,4-5,9-10,19-20H2,1-3H3,(H,34,38). The summed E-state index contributed by atoms with van der Waals surface area (Å²) in [5.74, 6) is -0.976. The van der Waals surface area contributed by atoms with Gasteiger partial charge in [0.1, 0.15) is 18.4 Å². The third-order valence-corrected chi connectivity index (χ3v) is 9.71. The molecule has 0 bridgehead atoms. The summed E-state index contributed by atoms with van der Waals surface area (Å²) in [5.41, 5.74) is 0.828. The number of hydrogen-bond acceptors (Lipinski definition) is 6. The molecular formula is C31H35BrFN3O6S.